The number of fused-ring (bicyclic) bond motifs is 1. The van der Waals surface area contributed by atoms with E-state index < -0.39 is 10.0 Å². The predicted octanol–water partition coefficient (Wildman–Crippen LogP) is -0.499. The summed E-state index contributed by atoms with van der Waals surface area (Å²) < 4.78 is 25.6. The summed E-state index contributed by atoms with van der Waals surface area (Å²) >= 11 is 0. The highest BCUT2D eigenvalue weighted by atomic mass is 32.2. The topological polar surface area (TPSA) is 112 Å². The Bertz CT molecular complexity index is 766. The van der Waals surface area contributed by atoms with Crippen LogP contribution in [0.3, 0.4) is 0 Å². The fraction of sp³-hybridized carbons (Fsp3) is 0.545. The van der Waals surface area contributed by atoms with Gasteiger partial charge < -0.3 is 5.32 Å². The van der Waals surface area contributed by atoms with Gasteiger partial charge in [0.1, 0.15) is 12.1 Å². The third-order valence-electron chi connectivity index (χ3n) is 3.02. The molecule has 0 amide bonds. The molecule has 116 valence electrons. The normalized spacial score (nSPS) is 12.1. The lowest BCUT2D eigenvalue weighted by atomic mass is 10.4. The Morgan fingerprint density at radius 1 is 1.48 bits per heavy atom. The van der Waals surface area contributed by atoms with E-state index in [1.165, 1.54) is 21.3 Å². The molecular formula is C11H18N6O3S. The fourth-order valence-corrected chi connectivity index (χ4v) is 2.87. The maximum atomic E-state index is 11.4. The highest BCUT2D eigenvalue weighted by Crippen LogP contribution is 2.05. The number of rotatable bonds is 7. The van der Waals surface area contributed by atoms with Crippen molar-refractivity contribution in [3.05, 3.63) is 22.9 Å². The van der Waals surface area contributed by atoms with Gasteiger partial charge in [0.15, 0.2) is 5.65 Å². The SMILES string of the molecule is CCN(CCCNc1cc2n[nH]c(=O)n2cn1)S(C)(=O)=O. The van der Waals surface area contributed by atoms with Crippen LogP contribution in [0.4, 0.5) is 5.82 Å². The molecule has 0 aliphatic carbocycles. The van der Waals surface area contributed by atoms with Crippen LogP contribution in [0, 0.1) is 0 Å². The van der Waals surface area contributed by atoms with Gasteiger partial charge in [0.05, 0.1) is 6.26 Å². The molecule has 0 saturated carbocycles. The second-order valence-corrected chi connectivity index (χ2v) is 6.55. The van der Waals surface area contributed by atoms with E-state index in [2.05, 4.69) is 20.5 Å². The van der Waals surface area contributed by atoms with Crippen molar-refractivity contribution in [2.45, 2.75) is 13.3 Å². The summed E-state index contributed by atoms with van der Waals surface area (Å²) in [5.41, 5.74) is 0.139. The fourth-order valence-electron chi connectivity index (χ4n) is 1.94. The number of hydrogen-bond donors (Lipinski definition) is 2. The summed E-state index contributed by atoms with van der Waals surface area (Å²) in [6.07, 6.45) is 3.24. The van der Waals surface area contributed by atoms with Gasteiger partial charge in [-0.3, -0.25) is 0 Å². The number of hydrogen-bond acceptors (Lipinski definition) is 6. The number of nitrogens with zero attached hydrogens (tertiary/aromatic N) is 4. The van der Waals surface area contributed by atoms with Crippen LogP contribution < -0.4 is 11.0 Å². The van der Waals surface area contributed by atoms with Crippen molar-refractivity contribution >= 4 is 21.5 Å². The molecule has 9 nitrogen and oxygen atoms in total. The third kappa shape index (κ3) is 3.79. The number of H-pyrrole nitrogens is 1. The minimum absolute atomic E-state index is 0.337. The molecule has 2 heterocycles. The molecule has 2 aromatic rings. The van der Waals surface area contributed by atoms with Crippen LogP contribution in [-0.2, 0) is 10.0 Å². The summed E-state index contributed by atoms with van der Waals surface area (Å²) in [5.74, 6) is 0.587. The number of aromatic amines is 1. The van der Waals surface area contributed by atoms with Gasteiger partial charge >= 0.3 is 5.69 Å². The van der Waals surface area contributed by atoms with Crippen molar-refractivity contribution in [3.63, 3.8) is 0 Å². The van der Waals surface area contributed by atoms with Gasteiger partial charge in [-0.1, -0.05) is 6.92 Å². The molecular weight excluding hydrogens is 296 g/mol. The van der Waals surface area contributed by atoms with Crippen molar-refractivity contribution in [2.24, 2.45) is 0 Å². The van der Waals surface area contributed by atoms with Crippen molar-refractivity contribution < 1.29 is 8.42 Å². The lowest BCUT2D eigenvalue weighted by Crippen LogP contribution is -2.31. The molecule has 0 bridgehead atoms. The Kier molecular flexibility index (Phi) is 4.58. The largest absolute Gasteiger partial charge is 0.370 e. The molecule has 2 aromatic heterocycles. The van der Waals surface area contributed by atoms with E-state index in [9.17, 15) is 13.2 Å². The van der Waals surface area contributed by atoms with Crippen LogP contribution in [0.5, 0.6) is 0 Å². The van der Waals surface area contributed by atoms with E-state index in [4.69, 9.17) is 0 Å². The number of aromatic nitrogens is 4. The molecule has 10 heteroatoms. The average Bonchev–Trinajstić information content (AvgIpc) is 2.78. The standard InChI is InChI=1S/C11H18N6O3S/c1-3-16(21(2,19)20)6-4-5-12-9-7-10-14-15-11(18)17(10)8-13-9/h7-8,12H,3-6H2,1-2H3,(H,15,18). The molecule has 0 unspecified atom stereocenters. The molecule has 2 N–H and O–H groups in total. The van der Waals surface area contributed by atoms with Gasteiger partial charge in [0.2, 0.25) is 10.0 Å². The summed E-state index contributed by atoms with van der Waals surface area (Å²) in [6, 6.07) is 1.64. The molecule has 0 radical (unpaired) electrons. The average molecular weight is 314 g/mol. The van der Waals surface area contributed by atoms with E-state index in [1.54, 1.807) is 13.0 Å². The van der Waals surface area contributed by atoms with Crippen LogP contribution >= 0.6 is 0 Å². The predicted molar refractivity (Wildman–Crippen MR) is 78.8 cm³/mol. The monoisotopic (exact) mass is 314 g/mol. The molecule has 0 aromatic carbocycles. The summed E-state index contributed by atoms with van der Waals surface area (Å²) in [7, 11) is -3.15. The zero-order valence-electron chi connectivity index (χ0n) is 11.9. The second-order valence-electron chi connectivity index (χ2n) is 4.57. The van der Waals surface area contributed by atoms with Gasteiger partial charge in [-0.05, 0) is 6.42 Å². The molecule has 0 saturated heterocycles. The van der Waals surface area contributed by atoms with E-state index >= 15 is 0 Å². The minimum atomic E-state index is -3.15. The van der Waals surface area contributed by atoms with Crippen molar-refractivity contribution in [1.29, 1.82) is 0 Å². The maximum Gasteiger partial charge on any atom is 0.348 e. The van der Waals surface area contributed by atoms with Gasteiger partial charge in [-0.15, -0.1) is 0 Å². The number of anilines is 1. The van der Waals surface area contributed by atoms with E-state index in [-0.39, 0.29) is 5.69 Å². The Morgan fingerprint density at radius 3 is 2.90 bits per heavy atom. The molecule has 0 spiro atoms. The second kappa shape index (κ2) is 6.22. The van der Waals surface area contributed by atoms with E-state index in [0.29, 0.717) is 37.5 Å². The van der Waals surface area contributed by atoms with Gasteiger partial charge in [-0.2, -0.15) is 5.10 Å². The molecule has 0 aliphatic heterocycles. The molecule has 0 fully saturated rings. The van der Waals surface area contributed by atoms with Crippen LogP contribution in [-0.4, -0.2) is 58.2 Å². The van der Waals surface area contributed by atoms with Crippen LogP contribution in [0.2, 0.25) is 0 Å². The molecule has 0 aliphatic rings. The minimum Gasteiger partial charge on any atom is -0.370 e. The number of nitrogens with one attached hydrogen (secondary N) is 2. The summed E-state index contributed by atoms with van der Waals surface area (Å²) in [5, 5.41) is 9.24. The first-order valence-electron chi connectivity index (χ1n) is 6.53. The number of sulfonamides is 1. The van der Waals surface area contributed by atoms with Gasteiger partial charge in [0.25, 0.3) is 0 Å². The third-order valence-corrected chi connectivity index (χ3v) is 4.40. The summed E-state index contributed by atoms with van der Waals surface area (Å²) in [4.78, 5) is 15.4. The zero-order chi connectivity index (χ0) is 15.5. The van der Waals surface area contributed by atoms with Crippen LogP contribution in [0.25, 0.3) is 5.65 Å². The van der Waals surface area contributed by atoms with E-state index in [0.717, 1.165) is 0 Å². The van der Waals surface area contributed by atoms with Crippen molar-refractivity contribution in [1.82, 2.24) is 23.9 Å². The Hall–Kier alpha value is -1.94. The smallest absolute Gasteiger partial charge is 0.348 e. The first kappa shape index (κ1) is 15.4. The van der Waals surface area contributed by atoms with Gasteiger partial charge in [0, 0.05) is 25.7 Å². The maximum absolute atomic E-state index is 11.4. The zero-order valence-corrected chi connectivity index (χ0v) is 12.7. The highest BCUT2D eigenvalue weighted by molar-refractivity contribution is 7.88. The quantitative estimate of drug-likeness (QED) is 0.666. The molecule has 0 atom stereocenters. The first-order valence-corrected chi connectivity index (χ1v) is 8.38. The lowest BCUT2D eigenvalue weighted by Gasteiger charge is -2.17. The molecule has 21 heavy (non-hydrogen) atoms. The van der Waals surface area contributed by atoms with E-state index in [1.807, 2.05) is 0 Å². The Labute approximate surface area is 122 Å². The summed E-state index contributed by atoms with van der Waals surface area (Å²) in [6.45, 7) is 3.29. The first-order chi connectivity index (χ1) is 9.91. The highest BCUT2D eigenvalue weighted by Gasteiger charge is 2.13. The molecule has 2 rings (SSSR count). The van der Waals surface area contributed by atoms with Gasteiger partial charge in [-0.25, -0.2) is 32.0 Å². The lowest BCUT2D eigenvalue weighted by molar-refractivity contribution is 0.428. The van der Waals surface area contributed by atoms with Crippen molar-refractivity contribution in [3.8, 4) is 0 Å². The Balaban J connectivity index is 1.89. The van der Waals surface area contributed by atoms with Crippen molar-refractivity contribution in [2.75, 3.05) is 31.2 Å². The van der Waals surface area contributed by atoms with Crippen LogP contribution in [0.1, 0.15) is 13.3 Å². The van der Waals surface area contributed by atoms with Crippen LogP contribution in [0.15, 0.2) is 17.2 Å². The Morgan fingerprint density at radius 2 is 2.24 bits per heavy atom.